The van der Waals surface area contributed by atoms with Gasteiger partial charge in [-0.3, -0.25) is 4.57 Å². The predicted molar refractivity (Wildman–Crippen MR) is 129 cm³/mol. The second-order valence-corrected chi connectivity index (χ2v) is 8.23. The van der Waals surface area contributed by atoms with E-state index in [0.717, 1.165) is 5.56 Å². The van der Waals surface area contributed by atoms with Gasteiger partial charge in [-0.05, 0) is 29.8 Å². The number of methoxy groups -OCH3 is 3. The van der Waals surface area contributed by atoms with E-state index in [0.29, 0.717) is 39.5 Å². The number of hydrogen-bond acceptors (Lipinski definition) is 7. The van der Waals surface area contributed by atoms with Crippen LogP contribution in [0.5, 0.6) is 17.2 Å². The van der Waals surface area contributed by atoms with Crippen LogP contribution in [0, 0.1) is 5.82 Å². The highest BCUT2D eigenvalue weighted by molar-refractivity contribution is 7.99. The highest BCUT2D eigenvalue weighted by Crippen LogP contribution is 2.42. The molecule has 0 saturated heterocycles. The van der Waals surface area contributed by atoms with Gasteiger partial charge >= 0.3 is 0 Å². The van der Waals surface area contributed by atoms with Crippen molar-refractivity contribution in [2.45, 2.75) is 11.3 Å². The standard InChI is InChI=1S/C25H24FN3O4S/c1-31-21-13-17(14-22(32-2)23(21)33-3)24-27-28-25(29(24)19-12-8-7-11-18(19)26)34-15-20(30)16-9-5-4-6-10-16/h4-14,20,30H,15H2,1-3H3. The number of halogens is 1. The van der Waals surface area contributed by atoms with Gasteiger partial charge in [0.25, 0.3) is 0 Å². The van der Waals surface area contributed by atoms with Gasteiger partial charge in [-0.15, -0.1) is 10.2 Å². The van der Waals surface area contributed by atoms with Gasteiger partial charge in [-0.1, -0.05) is 54.2 Å². The second kappa shape index (κ2) is 10.6. The van der Waals surface area contributed by atoms with E-state index in [2.05, 4.69) is 10.2 Å². The lowest BCUT2D eigenvalue weighted by Gasteiger charge is -2.16. The first kappa shape index (κ1) is 23.6. The number of thioether (sulfide) groups is 1. The summed E-state index contributed by atoms with van der Waals surface area (Å²) in [5.41, 5.74) is 1.67. The van der Waals surface area contributed by atoms with Gasteiger partial charge in [0.2, 0.25) is 5.75 Å². The topological polar surface area (TPSA) is 78.6 Å². The summed E-state index contributed by atoms with van der Waals surface area (Å²) in [7, 11) is 4.57. The fourth-order valence-electron chi connectivity index (χ4n) is 3.54. The first-order chi connectivity index (χ1) is 16.6. The van der Waals surface area contributed by atoms with Crippen molar-refractivity contribution in [1.82, 2.24) is 14.8 Å². The minimum atomic E-state index is -0.721. The number of benzene rings is 3. The molecule has 0 aliphatic carbocycles. The minimum absolute atomic E-state index is 0.285. The Balaban J connectivity index is 1.79. The van der Waals surface area contributed by atoms with Crippen LogP contribution in [0.1, 0.15) is 11.7 Å². The van der Waals surface area contributed by atoms with Gasteiger partial charge in [0.05, 0.1) is 33.1 Å². The van der Waals surface area contributed by atoms with Crippen LogP contribution in [0.3, 0.4) is 0 Å². The van der Waals surface area contributed by atoms with Crippen LogP contribution in [0.2, 0.25) is 0 Å². The summed E-state index contributed by atoms with van der Waals surface area (Å²) in [5.74, 6) is 1.59. The average molecular weight is 482 g/mol. The number of hydrogen-bond donors (Lipinski definition) is 1. The Morgan fingerprint density at radius 3 is 2.18 bits per heavy atom. The summed E-state index contributed by atoms with van der Waals surface area (Å²) in [6.45, 7) is 0. The van der Waals surface area contributed by atoms with Crippen molar-refractivity contribution in [2.24, 2.45) is 0 Å². The van der Waals surface area contributed by atoms with Crippen LogP contribution < -0.4 is 14.2 Å². The monoisotopic (exact) mass is 481 g/mol. The molecule has 0 radical (unpaired) electrons. The Labute approximate surface area is 201 Å². The van der Waals surface area contributed by atoms with Gasteiger partial charge in [0.15, 0.2) is 22.5 Å². The van der Waals surface area contributed by atoms with Crippen LogP contribution in [0.25, 0.3) is 17.1 Å². The summed E-state index contributed by atoms with van der Waals surface area (Å²) in [6, 6.07) is 19.2. The summed E-state index contributed by atoms with van der Waals surface area (Å²) >= 11 is 1.28. The van der Waals surface area contributed by atoms with Gasteiger partial charge in [-0.2, -0.15) is 0 Å². The fourth-order valence-corrected chi connectivity index (χ4v) is 4.45. The molecule has 9 heteroatoms. The van der Waals surface area contributed by atoms with E-state index in [-0.39, 0.29) is 5.69 Å². The molecule has 0 amide bonds. The van der Waals surface area contributed by atoms with Crippen molar-refractivity contribution in [2.75, 3.05) is 27.1 Å². The molecule has 1 heterocycles. The molecule has 176 valence electrons. The molecule has 4 aromatic rings. The van der Waals surface area contributed by atoms with Gasteiger partial charge < -0.3 is 19.3 Å². The molecule has 0 spiro atoms. The van der Waals surface area contributed by atoms with Crippen molar-refractivity contribution in [1.29, 1.82) is 0 Å². The van der Waals surface area contributed by atoms with E-state index in [4.69, 9.17) is 14.2 Å². The zero-order chi connectivity index (χ0) is 24.1. The summed E-state index contributed by atoms with van der Waals surface area (Å²) < 4.78 is 32.9. The van der Waals surface area contributed by atoms with Crippen LogP contribution in [-0.4, -0.2) is 47.0 Å². The Bertz CT molecular complexity index is 1240. The molecule has 34 heavy (non-hydrogen) atoms. The Hall–Kier alpha value is -3.56. The lowest BCUT2D eigenvalue weighted by atomic mass is 10.1. The molecule has 0 aliphatic rings. The first-order valence-corrected chi connectivity index (χ1v) is 11.4. The van der Waals surface area contributed by atoms with E-state index >= 15 is 0 Å². The number of ether oxygens (including phenoxy) is 3. The smallest absolute Gasteiger partial charge is 0.203 e. The van der Waals surface area contributed by atoms with Gasteiger partial charge in [0.1, 0.15) is 5.82 Å². The van der Waals surface area contributed by atoms with E-state index in [1.165, 1.54) is 39.2 Å². The number of rotatable bonds is 9. The fraction of sp³-hybridized carbons (Fsp3) is 0.200. The SMILES string of the molecule is COc1cc(-c2nnc(SCC(O)c3ccccc3)n2-c2ccccc2F)cc(OC)c1OC. The molecule has 1 aromatic heterocycles. The normalized spacial score (nSPS) is 11.8. The molecule has 1 N–H and O–H groups in total. The van der Waals surface area contributed by atoms with Crippen LogP contribution >= 0.6 is 11.8 Å². The molecule has 1 atom stereocenters. The molecule has 0 fully saturated rings. The second-order valence-electron chi connectivity index (χ2n) is 7.24. The molecular formula is C25H24FN3O4S. The summed E-state index contributed by atoms with van der Waals surface area (Å²) in [5, 5.41) is 19.7. The predicted octanol–water partition coefficient (Wildman–Crippen LogP) is 4.92. The van der Waals surface area contributed by atoms with E-state index in [9.17, 15) is 9.50 Å². The van der Waals surface area contributed by atoms with E-state index < -0.39 is 11.9 Å². The van der Waals surface area contributed by atoms with E-state index in [1.807, 2.05) is 30.3 Å². The summed E-state index contributed by atoms with van der Waals surface area (Å²) in [4.78, 5) is 0. The van der Waals surface area contributed by atoms with Crippen LogP contribution in [0.15, 0.2) is 71.9 Å². The molecule has 1 unspecified atom stereocenters. The zero-order valence-electron chi connectivity index (χ0n) is 18.9. The van der Waals surface area contributed by atoms with Crippen LogP contribution in [0.4, 0.5) is 4.39 Å². The van der Waals surface area contributed by atoms with Crippen molar-refractivity contribution in [3.8, 4) is 34.3 Å². The Kier molecular flexibility index (Phi) is 7.34. The largest absolute Gasteiger partial charge is 0.493 e. The number of aliphatic hydroxyl groups excluding tert-OH is 1. The third kappa shape index (κ3) is 4.71. The van der Waals surface area contributed by atoms with Crippen molar-refractivity contribution in [3.05, 3.63) is 78.1 Å². The van der Waals surface area contributed by atoms with Crippen molar-refractivity contribution >= 4 is 11.8 Å². The maximum absolute atomic E-state index is 14.9. The lowest BCUT2D eigenvalue weighted by molar-refractivity contribution is 0.204. The third-order valence-electron chi connectivity index (χ3n) is 5.20. The Morgan fingerprint density at radius 1 is 0.912 bits per heavy atom. The maximum atomic E-state index is 14.9. The molecule has 0 aliphatic heterocycles. The number of nitrogens with zero attached hydrogens (tertiary/aromatic N) is 3. The highest BCUT2D eigenvalue weighted by Gasteiger charge is 2.23. The first-order valence-electron chi connectivity index (χ1n) is 10.4. The molecule has 0 saturated carbocycles. The number of para-hydroxylation sites is 1. The van der Waals surface area contributed by atoms with Gasteiger partial charge in [-0.25, -0.2) is 4.39 Å². The maximum Gasteiger partial charge on any atom is 0.203 e. The molecular weight excluding hydrogens is 457 g/mol. The number of aliphatic hydroxyl groups is 1. The lowest BCUT2D eigenvalue weighted by Crippen LogP contribution is -2.05. The van der Waals surface area contributed by atoms with Crippen molar-refractivity contribution in [3.63, 3.8) is 0 Å². The quantitative estimate of drug-likeness (QED) is 0.340. The van der Waals surface area contributed by atoms with Crippen molar-refractivity contribution < 1.29 is 23.7 Å². The summed E-state index contributed by atoms with van der Waals surface area (Å²) in [6.07, 6.45) is -0.721. The van der Waals surface area contributed by atoms with E-state index in [1.54, 1.807) is 34.9 Å². The minimum Gasteiger partial charge on any atom is -0.493 e. The highest BCUT2D eigenvalue weighted by atomic mass is 32.2. The zero-order valence-corrected chi connectivity index (χ0v) is 19.8. The molecule has 3 aromatic carbocycles. The van der Waals surface area contributed by atoms with Crippen LogP contribution in [-0.2, 0) is 0 Å². The third-order valence-corrected chi connectivity index (χ3v) is 6.21. The number of aromatic nitrogens is 3. The van der Waals surface area contributed by atoms with Gasteiger partial charge in [0, 0.05) is 11.3 Å². The Morgan fingerprint density at radius 2 is 1.56 bits per heavy atom. The molecule has 7 nitrogen and oxygen atoms in total. The molecule has 0 bridgehead atoms. The molecule has 4 rings (SSSR count). The average Bonchev–Trinajstić information content (AvgIpc) is 3.30.